The standard InChI is InChI=1S/C15H11ClN2O/c16-13-8-9-14(18-15(17)19)12(10-13)7-6-11-4-2-1-3-5-11/h1-5,8-10H,(H3,17,18,19). The second kappa shape index (κ2) is 5.94. The molecule has 2 rings (SSSR count). The maximum Gasteiger partial charge on any atom is 0.316 e. The maximum atomic E-state index is 10.9. The van der Waals surface area contributed by atoms with Gasteiger partial charge in [0.2, 0.25) is 0 Å². The van der Waals surface area contributed by atoms with Crippen molar-refractivity contribution in [2.75, 3.05) is 5.32 Å². The number of nitrogens with two attached hydrogens (primary N) is 1. The van der Waals surface area contributed by atoms with Crippen LogP contribution in [-0.4, -0.2) is 6.03 Å². The lowest BCUT2D eigenvalue weighted by Gasteiger charge is -2.04. The predicted molar refractivity (Wildman–Crippen MR) is 77.1 cm³/mol. The van der Waals surface area contributed by atoms with Crippen molar-refractivity contribution in [2.24, 2.45) is 5.73 Å². The number of rotatable bonds is 1. The summed E-state index contributed by atoms with van der Waals surface area (Å²) in [5.41, 5.74) is 7.15. The van der Waals surface area contributed by atoms with Crippen LogP contribution < -0.4 is 11.1 Å². The lowest BCUT2D eigenvalue weighted by Crippen LogP contribution is -2.19. The van der Waals surface area contributed by atoms with Gasteiger partial charge in [-0.3, -0.25) is 0 Å². The summed E-state index contributed by atoms with van der Waals surface area (Å²) >= 11 is 5.92. The number of hydrogen-bond donors (Lipinski definition) is 2. The molecular weight excluding hydrogens is 260 g/mol. The largest absolute Gasteiger partial charge is 0.351 e. The van der Waals surface area contributed by atoms with E-state index in [0.29, 0.717) is 16.3 Å². The maximum absolute atomic E-state index is 10.9. The number of carbonyl (C=O) groups is 1. The molecule has 0 saturated heterocycles. The van der Waals surface area contributed by atoms with Crippen LogP contribution in [-0.2, 0) is 0 Å². The molecule has 0 aromatic heterocycles. The number of carbonyl (C=O) groups excluding carboxylic acids is 1. The van der Waals surface area contributed by atoms with Gasteiger partial charge in [0.05, 0.1) is 5.69 Å². The summed E-state index contributed by atoms with van der Waals surface area (Å²) in [5, 5.41) is 3.06. The van der Waals surface area contributed by atoms with Crippen LogP contribution in [0.3, 0.4) is 0 Å². The molecule has 4 heteroatoms. The van der Waals surface area contributed by atoms with Gasteiger partial charge in [0.25, 0.3) is 0 Å². The number of halogens is 1. The molecule has 0 unspecified atom stereocenters. The minimum atomic E-state index is -0.634. The highest BCUT2D eigenvalue weighted by Crippen LogP contribution is 2.19. The molecule has 94 valence electrons. The van der Waals surface area contributed by atoms with Gasteiger partial charge in [-0.1, -0.05) is 41.6 Å². The molecule has 19 heavy (non-hydrogen) atoms. The van der Waals surface area contributed by atoms with Gasteiger partial charge in [0.1, 0.15) is 0 Å². The Bertz CT molecular complexity index is 657. The van der Waals surface area contributed by atoms with Crippen LogP contribution in [0.2, 0.25) is 5.02 Å². The summed E-state index contributed by atoms with van der Waals surface area (Å²) < 4.78 is 0. The third kappa shape index (κ3) is 3.77. The molecule has 3 nitrogen and oxygen atoms in total. The highest BCUT2D eigenvalue weighted by molar-refractivity contribution is 6.30. The summed E-state index contributed by atoms with van der Waals surface area (Å²) in [7, 11) is 0. The molecule has 0 aliphatic heterocycles. The summed E-state index contributed by atoms with van der Waals surface area (Å²) in [6, 6.07) is 13.9. The number of amides is 2. The fourth-order valence-electron chi connectivity index (χ4n) is 1.52. The molecule has 0 saturated carbocycles. The predicted octanol–water partition coefficient (Wildman–Crippen LogP) is 3.23. The van der Waals surface area contributed by atoms with Gasteiger partial charge in [0, 0.05) is 16.1 Å². The topological polar surface area (TPSA) is 55.1 Å². The quantitative estimate of drug-likeness (QED) is 0.768. The van der Waals surface area contributed by atoms with Gasteiger partial charge in [0.15, 0.2) is 0 Å². The van der Waals surface area contributed by atoms with Crippen molar-refractivity contribution in [3.05, 3.63) is 64.7 Å². The fraction of sp³-hybridized carbons (Fsp3) is 0. The van der Waals surface area contributed by atoms with E-state index < -0.39 is 6.03 Å². The van der Waals surface area contributed by atoms with Crippen molar-refractivity contribution < 1.29 is 4.79 Å². The second-order valence-corrected chi connectivity index (χ2v) is 4.23. The third-order valence-corrected chi connectivity index (χ3v) is 2.59. The molecule has 0 radical (unpaired) electrons. The highest BCUT2D eigenvalue weighted by atomic mass is 35.5. The number of benzene rings is 2. The molecule has 0 heterocycles. The number of primary amides is 1. The average Bonchev–Trinajstić information content (AvgIpc) is 2.40. The van der Waals surface area contributed by atoms with E-state index in [4.69, 9.17) is 17.3 Å². The van der Waals surface area contributed by atoms with Crippen molar-refractivity contribution in [2.45, 2.75) is 0 Å². The zero-order valence-electron chi connectivity index (χ0n) is 9.98. The number of nitrogens with one attached hydrogen (secondary N) is 1. The van der Waals surface area contributed by atoms with Gasteiger partial charge < -0.3 is 11.1 Å². The molecule has 2 amide bonds. The first-order chi connectivity index (χ1) is 9.15. The van der Waals surface area contributed by atoms with Crippen LogP contribution in [0.1, 0.15) is 11.1 Å². The molecule has 0 fully saturated rings. The Kier molecular flexibility index (Phi) is 4.07. The second-order valence-electron chi connectivity index (χ2n) is 3.80. The van der Waals surface area contributed by atoms with E-state index in [9.17, 15) is 4.79 Å². The molecule has 0 bridgehead atoms. The molecular formula is C15H11ClN2O. The van der Waals surface area contributed by atoms with Gasteiger partial charge in [-0.15, -0.1) is 0 Å². The summed E-state index contributed by atoms with van der Waals surface area (Å²) in [4.78, 5) is 10.9. The molecule has 2 aromatic rings. The first-order valence-corrected chi connectivity index (χ1v) is 5.96. The number of anilines is 1. The van der Waals surface area contributed by atoms with Gasteiger partial charge in [-0.2, -0.15) is 0 Å². The lowest BCUT2D eigenvalue weighted by molar-refractivity contribution is 0.259. The van der Waals surface area contributed by atoms with E-state index in [1.54, 1.807) is 18.2 Å². The van der Waals surface area contributed by atoms with E-state index in [1.807, 2.05) is 30.3 Å². The zero-order chi connectivity index (χ0) is 13.7. The number of urea groups is 1. The molecule has 3 N–H and O–H groups in total. The van der Waals surface area contributed by atoms with Crippen molar-refractivity contribution in [3.63, 3.8) is 0 Å². The lowest BCUT2D eigenvalue weighted by atomic mass is 10.1. The van der Waals surface area contributed by atoms with E-state index in [0.717, 1.165) is 5.56 Å². The van der Waals surface area contributed by atoms with Crippen LogP contribution in [0.4, 0.5) is 10.5 Å². The SMILES string of the molecule is NC(=O)Nc1ccc(Cl)cc1C#Cc1ccccc1. The smallest absolute Gasteiger partial charge is 0.316 e. The van der Waals surface area contributed by atoms with Crippen molar-refractivity contribution in [3.8, 4) is 11.8 Å². The van der Waals surface area contributed by atoms with E-state index in [2.05, 4.69) is 17.2 Å². The van der Waals surface area contributed by atoms with Crippen LogP contribution in [0, 0.1) is 11.8 Å². The molecule has 0 aliphatic carbocycles. The van der Waals surface area contributed by atoms with Crippen molar-refractivity contribution >= 4 is 23.3 Å². The minimum absolute atomic E-state index is 0.542. The highest BCUT2D eigenvalue weighted by Gasteiger charge is 2.03. The van der Waals surface area contributed by atoms with E-state index >= 15 is 0 Å². The normalized spacial score (nSPS) is 9.32. The van der Waals surface area contributed by atoms with E-state index in [1.165, 1.54) is 0 Å². The number of hydrogen-bond acceptors (Lipinski definition) is 1. The Morgan fingerprint density at radius 3 is 2.53 bits per heavy atom. The monoisotopic (exact) mass is 270 g/mol. The van der Waals surface area contributed by atoms with Crippen molar-refractivity contribution in [1.29, 1.82) is 0 Å². The zero-order valence-corrected chi connectivity index (χ0v) is 10.7. The third-order valence-electron chi connectivity index (χ3n) is 2.35. The van der Waals surface area contributed by atoms with Crippen molar-refractivity contribution in [1.82, 2.24) is 0 Å². The Hall–Kier alpha value is -2.44. The summed E-state index contributed by atoms with van der Waals surface area (Å²) in [6.45, 7) is 0. The Balaban J connectivity index is 2.36. The van der Waals surface area contributed by atoms with E-state index in [-0.39, 0.29) is 0 Å². The van der Waals surface area contributed by atoms with Crippen LogP contribution in [0.15, 0.2) is 48.5 Å². The summed E-state index contributed by atoms with van der Waals surface area (Å²) in [6.07, 6.45) is 0. The Morgan fingerprint density at radius 1 is 1.11 bits per heavy atom. The Morgan fingerprint density at radius 2 is 1.84 bits per heavy atom. The molecule has 0 aliphatic rings. The molecule has 0 spiro atoms. The average molecular weight is 271 g/mol. The Labute approximate surface area is 116 Å². The fourth-order valence-corrected chi connectivity index (χ4v) is 1.69. The van der Waals surface area contributed by atoms with Gasteiger partial charge in [-0.05, 0) is 30.3 Å². The first-order valence-electron chi connectivity index (χ1n) is 5.58. The van der Waals surface area contributed by atoms with Gasteiger partial charge >= 0.3 is 6.03 Å². The minimum Gasteiger partial charge on any atom is -0.351 e. The van der Waals surface area contributed by atoms with Crippen LogP contribution in [0.5, 0.6) is 0 Å². The van der Waals surface area contributed by atoms with Gasteiger partial charge in [-0.25, -0.2) is 4.79 Å². The molecule has 2 aromatic carbocycles. The van der Waals surface area contributed by atoms with Crippen LogP contribution >= 0.6 is 11.6 Å². The van der Waals surface area contributed by atoms with Crippen LogP contribution in [0.25, 0.3) is 0 Å². The summed E-state index contributed by atoms with van der Waals surface area (Å²) in [5.74, 6) is 5.97. The first kappa shape index (κ1) is 13.0. The molecule has 0 atom stereocenters.